The van der Waals surface area contributed by atoms with Gasteiger partial charge in [-0.15, -0.1) is 0 Å². The normalized spacial score (nSPS) is 11.6. The molecule has 1 heterocycles. The van der Waals surface area contributed by atoms with Gasteiger partial charge in [-0.25, -0.2) is 4.98 Å². The molecule has 3 nitrogen and oxygen atoms in total. The fourth-order valence-corrected chi connectivity index (χ4v) is 2.26. The molecule has 0 saturated carbocycles. The molecule has 0 radical (unpaired) electrons. The number of benzene rings is 1. The Labute approximate surface area is 128 Å². The highest BCUT2D eigenvalue weighted by atomic mass is 35.5. The van der Waals surface area contributed by atoms with E-state index in [9.17, 15) is 13.2 Å². The SMILES string of the molecule is Cc1cc(Cl)cc(C)c1Oc1cc(C(F)(F)F)nc(Cl)n1. The molecule has 0 bridgehead atoms. The molecule has 0 spiro atoms. The monoisotopic (exact) mass is 336 g/mol. The molecule has 0 aliphatic carbocycles. The molecule has 0 aliphatic heterocycles. The zero-order valence-electron chi connectivity index (χ0n) is 10.9. The Morgan fingerprint density at radius 3 is 2.10 bits per heavy atom. The van der Waals surface area contributed by atoms with Gasteiger partial charge in [0.15, 0.2) is 5.69 Å². The molecule has 0 atom stereocenters. The van der Waals surface area contributed by atoms with Gasteiger partial charge >= 0.3 is 6.18 Å². The lowest BCUT2D eigenvalue weighted by atomic mass is 10.1. The van der Waals surface area contributed by atoms with Crippen LogP contribution in [0.25, 0.3) is 0 Å². The minimum atomic E-state index is -4.63. The molecule has 1 aromatic heterocycles. The average Bonchev–Trinajstić information content (AvgIpc) is 2.32. The Kier molecular flexibility index (Phi) is 4.30. The Morgan fingerprint density at radius 2 is 1.57 bits per heavy atom. The predicted molar refractivity (Wildman–Crippen MR) is 73.0 cm³/mol. The Morgan fingerprint density at radius 1 is 1.00 bits per heavy atom. The molecule has 0 unspecified atom stereocenters. The van der Waals surface area contributed by atoms with Crippen molar-refractivity contribution in [3.05, 3.63) is 45.3 Å². The van der Waals surface area contributed by atoms with E-state index in [1.165, 1.54) is 0 Å². The lowest BCUT2D eigenvalue weighted by Crippen LogP contribution is -2.09. The molecule has 21 heavy (non-hydrogen) atoms. The van der Waals surface area contributed by atoms with Crippen LogP contribution in [0.2, 0.25) is 10.3 Å². The molecular weight excluding hydrogens is 328 g/mol. The molecule has 112 valence electrons. The van der Waals surface area contributed by atoms with Crippen LogP contribution in [-0.2, 0) is 6.18 Å². The second-order valence-corrected chi connectivity index (χ2v) is 5.10. The van der Waals surface area contributed by atoms with Crippen molar-refractivity contribution in [2.75, 3.05) is 0 Å². The van der Waals surface area contributed by atoms with E-state index in [0.717, 1.165) is 0 Å². The van der Waals surface area contributed by atoms with Gasteiger partial charge in [0.2, 0.25) is 11.2 Å². The fourth-order valence-electron chi connectivity index (χ4n) is 1.76. The third-order valence-electron chi connectivity index (χ3n) is 2.60. The van der Waals surface area contributed by atoms with Crippen molar-refractivity contribution >= 4 is 23.2 Å². The topological polar surface area (TPSA) is 35.0 Å². The summed E-state index contributed by atoms with van der Waals surface area (Å²) in [5.41, 5.74) is 0.174. The summed E-state index contributed by atoms with van der Waals surface area (Å²) in [6.45, 7) is 3.45. The maximum Gasteiger partial charge on any atom is 0.433 e. The second-order valence-electron chi connectivity index (χ2n) is 4.33. The van der Waals surface area contributed by atoms with Gasteiger partial charge in [-0.05, 0) is 48.7 Å². The van der Waals surface area contributed by atoms with Gasteiger partial charge in [0.25, 0.3) is 0 Å². The predicted octanol–water partition coefficient (Wildman–Crippen LogP) is 5.21. The highest BCUT2D eigenvalue weighted by Crippen LogP contribution is 2.34. The fraction of sp³-hybridized carbons (Fsp3) is 0.231. The number of aromatic nitrogens is 2. The summed E-state index contributed by atoms with van der Waals surface area (Å²) in [6.07, 6.45) is -4.63. The maximum atomic E-state index is 12.7. The first-order chi connectivity index (χ1) is 9.66. The summed E-state index contributed by atoms with van der Waals surface area (Å²) < 4.78 is 43.4. The summed E-state index contributed by atoms with van der Waals surface area (Å²) in [6, 6.07) is 3.97. The number of aryl methyl sites for hydroxylation is 2. The van der Waals surface area contributed by atoms with Crippen molar-refractivity contribution in [2.24, 2.45) is 0 Å². The first-order valence-electron chi connectivity index (χ1n) is 5.73. The van der Waals surface area contributed by atoms with E-state index in [0.29, 0.717) is 28.0 Å². The minimum absolute atomic E-state index is 0.282. The van der Waals surface area contributed by atoms with E-state index in [-0.39, 0.29) is 5.88 Å². The number of hydrogen-bond donors (Lipinski definition) is 0. The van der Waals surface area contributed by atoms with Crippen molar-refractivity contribution in [2.45, 2.75) is 20.0 Å². The van der Waals surface area contributed by atoms with Crippen LogP contribution in [0.4, 0.5) is 13.2 Å². The van der Waals surface area contributed by atoms with Gasteiger partial charge in [0.1, 0.15) is 5.75 Å². The van der Waals surface area contributed by atoms with Crippen molar-refractivity contribution in [3.8, 4) is 11.6 Å². The van der Waals surface area contributed by atoms with E-state index >= 15 is 0 Å². The molecule has 0 N–H and O–H groups in total. The number of ether oxygens (including phenoxy) is 1. The lowest BCUT2D eigenvalue weighted by Gasteiger charge is -2.13. The highest BCUT2D eigenvalue weighted by Gasteiger charge is 2.34. The van der Waals surface area contributed by atoms with Crippen LogP contribution in [-0.4, -0.2) is 9.97 Å². The highest BCUT2D eigenvalue weighted by molar-refractivity contribution is 6.30. The number of halogens is 5. The standard InChI is InChI=1S/C13H9Cl2F3N2O/c1-6-3-8(14)4-7(2)11(6)21-10-5-9(13(16,17)18)19-12(15)20-10/h3-5H,1-2H3. The van der Waals surface area contributed by atoms with Crippen LogP contribution >= 0.6 is 23.2 Å². The van der Waals surface area contributed by atoms with Gasteiger partial charge in [-0.3, -0.25) is 0 Å². The minimum Gasteiger partial charge on any atom is -0.438 e. The molecule has 1 aromatic carbocycles. The third kappa shape index (κ3) is 3.77. The van der Waals surface area contributed by atoms with Crippen molar-refractivity contribution in [1.29, 1.82) is 0 Å². The largest absolute Gasteiger partial charge is 0.438 e. The van der Waals surface area contributed by atoms with Crippen LogP contribution in [0, 0.1) is 13.8 Å². The number of rotatable bonds is 2. The smallest absolute Gasteiger partial charge is 0.433 e. The Hall–Kier alpha value is -1.53. The number of hydrogen-bond acceptors (Lipinski definition) is 3. The molecule has 0 aliphatic rings. The van der Waals surface area contributed by atoms with Crippen molar-refractivity contribution < 1.29 is 17.9 Å². The van der Waals surface area contributed by atoms with Crippen molar-refractivity contribution in [1.82, 2.24) is 9.97 Å². The summed E-state index contributed by atoms with van der Waals surface area (Å²) in [5, 5.41) is -0.0295. The third-order valence-corrected chi connectivity index (χ3v) is 2.98. The Balaban J connectivity index is 2.43. The van der Waals surface area contributed by atoms with E-state index < -0.39 is 17.2 Å². The number of alkyl halides is 3. The molecular formula is C13H9Cl2F3N2O. The number of nitrogens with zero attached hydrogens (tertiary/aromatic N) is 2. The zero-order chi connectivity index (χ0) is 15.8. The quantitative estimate of drug-likeness (QED) is 0.706. The molecule has 0 fully saturated rings. The van der Waals surface area contributed by atoms with Crippen LogP contribution in [0.5, 0.6) is 11.6 Å². The van der Waals surface area contributed by atoms with E-state index in [1.807, 2.05) is 0 Å². The molecule has 0 saturated heterocycles. The molecule has 2 rings (SSSR count). The summed E-state index contributed by atoms with van der Waals surface area (Å²) in [4.78, 5) is 6.78. The van der Waals surface area contributed by atoms with Gasteiger partial charge in [-0.1, -0.05) is 11.6 Å². The summed E-state index contributed by atoms with van der Waals surface area (Å²) in [7, 11) is 0. The summed E-state index contributed by atoms with van der Waals surface area (Å²) >= 11 is 11.4. The van der Waals surface area contributed by atoms with Gasteiger partial charge in [0.05, 0.1) is 0 Å². The van der Waals surface area contributed by atoms with E-state index in [1.54, 1.807) is 26.0 Å². The molecule has 0 amide bonds. The van der Waals surface area contributed by atoms with Crippen molar-refractivity contribution in [3.63, 3.8) is 0 Å². The van der Waals surface area contributed by atoms with Gasteiger partial charge in [0, 0.05) is 11.1 Å². The van der Waals surface area contributed by atoms with E-state index in [2.05, 4.69) is 9.97 Å². The Bertz CT molecular complexity index is 667. The van der Waals surface area contributed by atoms with Crippen LogP contribution < -0.4 is 4.74 Å². The van der Waals surface area contributed by atoms with E-state index in [4.69, 9.17) is 27.9 Å². The van der Waals surface area contributed by atoms with Crippen LogP contribution in [0.3, 0.4) is 0 Å². The van der Waals surface area contributed by atoms with Crippen LogP contribution in [0.15, 0.2) is 18.2 Å². The second kappa shape index (κ2) is 5.69. The lowest BCUT2D eigenvalue weighted by molar-refractivity contribution is -0.141. The zero-order valence-corrected chi connectivity index (χ0v) is 12.4. The van der Waals surface area contributed by atoms with Crippen LogP contribution in [0.1, 0.15) is 16.8 Å². The van der Waals surface area contributed by atoms with Gasteiger partial charge in [-0.2, -0.15) is 18.2 Å². The molecule has 8 heteroatoms. The van der Waals surface area contributed by atoms with Gasteiger partial charge < -0.3 is 4.74 Å². The average molecular weight is 337 g/mol. The maximum absolute atomic E-state index is 12.7. The molecule has 2 aromatic rings. The first kappa shape index (κ1) is 15.9. The first-order valence-corrected chi connectivity index (χ1v) is 6.49. The summed E-state index contributed by atoms with van der Waals surface area (Å²) in [5.74, 6) is 0.0955.